The highest BCUT2D eigenvalue weighted by Gasteiger charge is 2.18. The van der Waals surface area contributed by atoms with Crippen LogP contribution < -0.4 is 10.0 Å². The lowest BCUT2D eigenvalue weighted by atomic mass is 10.2. The number of nitrogens with zero attached hydrogens (tertiary/aromatic N) is 1. The Hall–Kier alpha value is -2.98. The second-order valence-corrected chi connectivity index (χ2v) is 7.15. The summed E-state index contributed by atoms with van der Waals surface area (Å²) in [6.45, 7) is 1.07. The minimum Gasteiger partial charge on any atom is -0.322 e. The molecule has 136 valence electrons. The molecule has 2 rings (SSSR count). The van der Waals surface area contributed by atoms with Crippen molar-refractivity contribution in [3.05, 3.63) is 63.2 Å². The number of anilines is 1. The van der Waals surface area contributed by atoms with Gasteiger partial charge in [-0.25, -0.2) is 13.1 Å². The van der Waals surface area contributed by atoms with Crippen LogP contribution in [0, 0.1) is 10.1 Å². The van der Waals surface area contributed by atoms with Crippen LogP contribution in [0.4, 0.5) is 11.4 Å². The van der Waals surface area contributed by atoms with E-state index in [1.54, 1.807) is 0 Å². The Morgan fingerprint density at radius 3 is 2.27 bits per heavy atom. The summed E-state index contributed by atoms with van der Waals surface area (Å²) in [5, 5.41) is 13.2. The van der Waals surface area contributed by atoms with Gasteiger partial charge in [-0.15, -0.1) is 0 Å². The van der Waals surface area contributed by atoms with E-state index in [4.69, 9.17) is 11.6 Å². The second-order valence-electron chi connectivity index (χ2n) is 5.06. The average Bonchev–Trinajstić information content (AvgIpc) is 2.54. The fourth-order valence-corrected chi connectivity index (χ4v) is 3.14. The third-order valence-corrected chi connectivity index (χ3v) is 4.87. The molecule has 2 N–H and O–H groups in total. The van der Waals surface area contributed by atoms with Gasteiger partial charge in [-0.1, -0.05) is 11.6 Å². The van der Waals surface area contributed by atoms with Crippen molar-refractivity contribution in [2.24, 2.45) is 0 Å². The van der Waals surface area contributed by atoms with E-state index in [9.17, 15) is 28.1 Å². The third-order valence-electron chi connectivity index (χ3n) is 3.11. The van der Waals surface area contributed by atoms with Gasteiger partial charge in [-0.3, -0.25) is 19.7 Å². The Kier molecular flexibility index (Phi) is 5.58. The van der Waals surface area contributed by atoms with E-state index in [2.05, 4.69) is 5.32 Å². The Morgan fingerprint density at radius 2 is 1.73 bits per heavy atom. The second kappa shape index (κ2) is 7.50. The number of hydrogen-bond donors (Lipinski definition) is 2. The standard InChI is InChI=1S/C15H12ClN3O6S/c1-9(20)18-26(24,25)12-5-3-11(4-6-12)17-15(21)10-2-7-13(16)14(8-10)19(22)23/h2-8H,1H3,(H,17,21)(H,18,20). The Morgan fingerprint density at radius 1 is 1.12 bits per heavy atom. The maximum absolute atomic E-state index is 12.2. The molecule has 0 aromatic heterocycles. The maximum Gasteiger partial charge on any atom is 0.288 e. The number of carbonyl (C=O) groups is 2. The molecule has 0 heterocycles. The summed E-state index contributed by atoms with van der Waals surface area (Å²) in [7, 11) is -3.98. The highest BCUT2D eigenvalue weighted by molar-refractivity contribution is 7.90. The van der Waals surface area contributed by atoms with Gasteiger partial charge in [-0.2, -0.15) is 0 Å². The predicted molar refractivity (Wildman–Crippen MR) is 93.5 cm³/mol. The van der Waals surface area contributed by atoms with E-state index in [1.807, 2.05) is 4.72 Å². The summed E-state index contributed by atoms with van der Waals surface area (Å²) < 4.78 is 25.5. The van der Waals surface area contributed by atoms with Crippen LogP contribution in [-0.2, 0) is 14.8 Å². The van der Waals surface area contributed by atoms with Gasteiger partial charge in [0, 0.05) is 24.2 Å². The zero-order chi connectivity index (χ0) is 19.5. The monoisotopic (exact) mass is 397 g/mol. The number of rotatable bonds is 5. The van der Waals surface area contributed by atoms with Gasteiger partial charge >= 0.3 is 0 Å². The summed E-state index contributed by atoms with van der Waals surface area (Å²) in [6, 6.07) is 8.62. The molecular formula is C15H12ClN3O6S. The van der Waals surface area contributed by atoms with Crippen molar-refractivity contribution in [3.63, 3.8) is 0 Å². The quantitative estimate of drug-likeness (QED) is 0.587. The number of amides is 2. The molecule has 0 aliphatic carbocycles. The van der Waals surface area contributed by atoms with Gasteiger partial charge < -0.3 is 5.32 Å². The fraction of sp³-hybridized carbons (Fsp3) is 0.0667. The smallest absolute Gasteiger partial charge is 0.288 e. The van der Waals surface area contributed by atoms with Crippen LogP contribution in [0.5, 0.6) is 0 Å². The van der Waals surface area contributed by atoms with Gasteiger partial charge in [0.05, 0.1) is 9.82 Å². The molecule has 9 nitrogen and oxygen atoms in total. The fourth-order valence-electron chi connectivity index (χ4n) is 1.96. The van der Waals surface area contributed by atoms with Crippen LogP contribution in [-0.4, -0.2) is 25.2 Å². The first-order valence-electron chi connectivity index (χ1n) is 6.99. The lowest BCUT2D eigenvalue weighted by molar-refractivity contribution is -0.384. The minimum absolute atomic E-state index is 0.0102. The summed E-state index contributed by atoms with van der Waals surface area (Å²) in [6.07, 6.45) is 0. The SMILES string of the molecule is CC(=O)NS(=O)(=O)c1ccc(NC(=O)c2ccc(Cl)c([N+](=O)[O-])c2)cc1. The molecule has 0 atom stereocenters. The molecule has 11 heteroatoms. The van der Waals surface area contributed by atoms with Gasteiger partial charge in [0.25, 0.3) is 21.6 Å². The number of nitrogens with one attached hydrogen (secondary N) is 2. The third kappa shape index (κ3) is 4.55. The first kappa shape index (κ1) is 19.3. The van der Waals surface area contributed by atoms with Crippen LogP contribution in [0.1, 0.15) is 17.3 Å². The highest BCUT2D eigenvalue weighted by Crippen LogP contribution is 2.25. The summed E-state index contributed by atoms with van der Waals surface area (Å²) in [5.41, 5.74) is -0.138. The van der Waals surface area contributed by atoms with E-state index in [0.29, 0.717) is 0 Å². The molecule has 0 unspecified atom stereocenters. The number of nitro benzene ring substituents is 1. The molecule has 0 saturated carbocycles. The lowest BCUT2D eigenvalue weighted by Gasteiger charge is -2.08. The minimum atomic E-state index is -3.98. The highest BCUT2D eigenvalue weighted by atomic mass is 35.5. The number of halogens is 1. The first-order valence-corrected chi connectivity index (χ1v) is 8.85. The molecule has 0 spiro atoms. The first-order chi connectivity index (χ1) is 12.1. The zero-order valence-corrected chi connectivity index (χ0v) is 14.8. The zero-order valence-electron chi connectivity index (χ0n) is 13.2. The summed E-state index contributed by atoms with van der Waals surface area (Å²) in [5.74, 6) is -1.37. The number of carbonyl (C=O) groups excluding carboxylic acids is 2. The van der Waals surface area contributed by atoms with Crippen molar-refractivity contribution in [2.45, 2.75) is 11.8 Å². The molecule has 0 aliphatic rings. The molecular weight excluding hydrogens is 386 g/mol. The normalized spacial score (nSPS) is 10.8. The van der Waals surface area contributed by atoms with E-state index in [0.717, 1.165) is 13.0 Å². The van der Waals surface area contributed by atoms with Gasteiger partial charge in [-0.05, 0) is 36.4 Å². The maximum atomic E-state index is 12.2. The van der Waals surface area contributed by atoms with Crippen LogP contribution in [0.25, 0.3) is 0 Å². The van der Waals surface area contributed by atoms with Crippen LogP contribution >= 0.6 is 11.6 Å². The molecule has 26 heavy (non-hydrogen) atoms. The lowest BCUT2D eigenvalue weighted by Crippen LogP contribution is -2.28. The molecule has 0 radical (unpaired) electrons. The molecule has 0 bridgehead atoms. The number of sulfonamides is 1. The molecule has 2 amide bonds. The Balaban J connectivity index is 2.19. The van der Waals surface area contributed by atoms with Crippen LogP contribution in [0.3, 0.4) is 0 Å². The number of nitro groups is 1. The van der Waals surface area contributed by atoms with Crippen molar-refractivity contribution < 1.29 is 22.9 Å². The summed E-state index contributed by atoms with van der Waals surface area (Å²) >= 11 is 5.69. The van der Waals surface area contributed by atoms with Gasteiger partial charge in [0.2, 0.25) is 5.91 Å². The van der Waals surface area contributed by atoms with Crippen LogP contribution in [0.15, 0.2) is 47.4 Å². The Labute approximate surface area is 153 Å². The van der Waals surface area contributed by atoms with Crippen molar-refractivity contribution in [1.29, 1.82) is 0 Å². The van der Waals surface area contributed by atoms with Crippen LogP contribution in [0.2, 0.25) is 5.02 Å². The van der Waals surface area contributed by atoms with Crippen molar-refractivity contribution in [3.8, 4) is 0 Å². The topological polar surface area (TPSA) is 135 Å². The molecule has 2 aromatic carbocycles. The predicted octanol–water partition coefficient (Wildman–Crippen LogP) is 2.33. The van der Waals surface area contributed by atoms with Crippen molar-refractivity contribution >= 4 is 44.8 Å². The molecule has 2 aromatic rings. The van der Waals surface area contributed by atoms with Crippen molar-refractivity contribution in [1.82, 2.24) is 4.72 Å². The number of hydrogen-bond acceptors (Lipinski definition) is 6. The molecule has 0 saturated heterocycles. The van der Waals surface area contributed by atoms with E-state index < -0.39 is 32.4 Å². The molecule has 0 fully saturated rings. The number of benzene rings is 2. The summed E-state index contributed by atoms with van der Waals surface area (Å²) in [4.78, 5) is 33.1. The van der Waals surface area contributed by atoms with Gasteiger partial charge in [0.15, 0.2) is 0 Å². The average molecular weight is 398 g/mol. The van der Waals surface area contributed by atoms with Crippen molar-refractivity contribution in [2.75, 3.05) is 5.32 Å². The largest absolute Gasteiger partial charge is 0.322 e. The van der Waals surface area contributed by atoms with E-state index in [1.165, 1.54) is 36.4 Å². The van der Waals surface area contributed by atoms with E-state index in [-0.39, 0.29) is 21.2 Å². The molecule has 0 aliphatic heterocycles. The Bertz CT molecular complexity index is 989. The van der Waals surface area contributed by atoms with E-state index >= 15 is 0 Å². The van der Waals surface area contributed by atoms with Gasteiger partial charge in [0.1, 0.15) is 5.02 Å².